The second kappa shape index (κ2) is 13.0. The van der Waals surface area contributed by atoms with Crippen molar-refractivity contribution in [2.24, 2.45) is 0 Å². The molecule has 2 fully saturated rings. The van der Waals surface area contributed by atoms with Gasteiger partial charge in [-0.25, -0.2) is 17.2 Å². The minimum absolute atomic E-state index is 0.0294. The highest BCUT2D eigenvalue weighted by Gasteiger charge is 2.36. The van der Waals surface area contributed by atoms with Crippen LogP contribution in [0.15, 0.2) is 40.8 Å². The third-order valence-electron chi connectivity index (χ3n) is 7.88. The van der Waals surface area contributed by atoms with Gasteiger partial charge in [0.2, 0.25) is 23.0 Å². The Morgan fingerprint density at radius 2 is 1.80 bits per heavy atom. The molecule has 0 amide bonds. The number of alkyl halides is 2. The molecule has 240 valence electrons. The van der Waals surface area contributed by atoms with Gasteiger partial charge in [0.05, 0.1) is 23.0 Å². The molecule has 0 bridgehead atoms. The standard InChI is InChI=1S/C26H32BClF4N6O4S2/c1-43(27,39)37-15-20(16-37)36-8-6-35(7-9-36)10-11-44(40,41)38(19-4-5-22(29)21(28)13-19)14-18-3-2-17(12-23(18)30)25-33-34-26(42-25)24(31)32/h2-5,12-13,20,24,43H,6-11,14-16,27H2,1H3. The van der Waals surface area contributed by atoms with Gasteiger partial charge in [-0.3, -0.25) is 22.6 Å². The van der Waals surface area contributed by atoms with Gasteiger partial charge < -0.3 is 4.42 Å². The molecule has 0 aliphatic carbocycles. The average Bonchev–Trinajstić information content (AvgIpc) is 3.43. The Kier molecular flexibility index (Phi) is 9.73. The van der Waals surface area contributed by atoms with E-state index >= 15 is 4.39 Å². The van der Waals surface area contributed by atoms with Gasteiger partial charge in [-0.15, -0.1) is 10.2 Å². The number of rotatable bonds is 11. The molecule has 2 aliphatic rings. The highest BCUT2D eigenvalue weighted by Crippen LogP contribution is 2.30. The normalized spacial score (nSPS) is 18.1. The van der Waals surface area contributed by atoms with E-state index in [2.05, 4.69) is 15.1 Å². The van der Waals surface area contributed by atoms with Gasteiger partial charge >= 0.3 is 6.43 Å². The van der Waals surface area contributed by atoms with Crippen molar-refractivity contribution >= 4 is 44.4 Å². The molecule has 0 spiro atoms. The Labute approximate surface area is 259 Å². The first-order valence-corrected chi connectivity index (χ1v) is 18.4. The quantitative estimate of drug-likeness (QED) is 0.188. The van der Waals surface area contributed by atoms with Crippen LogP contribution in [0.4, 0.5) is 23.2 Å². The van der Waals surface area contributed by atoms with Crippen LogP contribution in [0, 0.1) is 11.6 Å². The number of hydrogen-bond donors (Lipinski definition) is 1. The van der Waals surface area contributed by atoms with E-state index in [1.54, 1.807) is 13.4 Å². The second-order valence-corrected chi connectivity index (χ2v) is 16.7. The summed E-state index contributed by atoms with van der Waals surface area (Å²) < 4.78 is 102. The number of aromatic nitrogens is 2. The first-order valence-electron chi connectivity index (χ1n) is 13.8. The number of halogens is 5. The Hall–Kier alpha value is -2.57. The molecule has 1 aromatic heterocycles. The lowest BCUT2D eigenvalue weighted by molar-refractivity contribution is 0.0445. The van der Waals surface area contributed by atoms with Crippen LogP contribution in [0.3, 0.4) is 0 Å². The van der Waals surface area contributed by atoms with E-state index in [-0.39, 0.29) is 40.0 Å². The molecule has 5 rings (SSSR count). The van der Waals surface area contributed by atoms with Gasteiger partial charge in [0.15, 0.2) is 0 Å². The predicted molar refractivity (Wildman–Crippen MR) is 163 cm³/mol. The van der Waals surface area contributed by atoms with Crippen LogP contribution in [-0.2, 0) is 26.5 Å². The smallest absolute Gasteiger partial charge is 0.314 e. The maximum Gasteiger partial charge on any atom is 0.314 e. The number of benzene rings is 2. The lowest BCUT2D eigenvalue weighted by Crippen LogP contribution is -2.65. The molecule has 0 saturated carbocycles. The summed E-state index contributed by atoms with van der Waals surface area (Å²) in [6.45, 7) is 4.13. The Morgan fingerprint density at radius 1 is 1.09 bits per heavy atom. The van der Waals surface area contributed by atoms with E-state index in [1.165, 1.54) is 18.2 Å². The summed E-state index contributed by atoms with van der Waals surface area (Å²) in [6.07, 6.45) is -1.23. The molecule has 0 radical (unpaired) electrons. The number of anilines is 1. The number of thiol groups is 1. The molecule has 0 N–H and O–H groups in total. The van der Waals surface area contributed by atoms with Crippen molar-refractivity contribution in [1.29, 1.82) is 0 Å². The lowest BCUT2D eigenvalue weighted by Gasteiger charge is -2.50. The van der Waals surface area contributed by atoms with Crippen LogP contribution < -0.4 is 4.31 Å². The number of piperazine rings is 1. The summed E-state index contributed by atoms with van der Waals surface area (Å²) in [7, 11) is -4.56. The molecule has 2 aliphatic heterocycles. The Morgan fingerprint density at radius 3 is 2.39 bits per heavy atom. The first kappa shape index (κ1) is 32.8. The van der Waals surface area contributed by atoms with Gasteiger partial charge in [-0.2, -0.15) is 8.78 Å². The van der Waals surface area contributed by atoms with E-state index in [1.807, 2.05) is 9.21 Å². The number of sulfonamides is 1. The van der Waals surface area contributed by atoms with E-state index in [4.69, 9.17) is 16.0 Å². The van der Waals surface area contributed by atoms with E-state index in [9.17, 15) is 25.8 Å². The lowest BCUT2D eigenvalue weighted by atomic mass is 10.1. The van der Waals surface area contributed by atoms with Gasteiger partial charge in [0, 0.05) is 63.0 Å². The van der Waals surface area contributed by atoms with E-state index in [0.29, 0.717) is 19.1 Å². The van der Waals surface area contributed by atoms with Crippen LogP contribution in [0.1, 0.15) is 17.9 Å². The minimum Gasteiger partial charge on any atom is -0.415 e. The maximum absolute atomic E-state index is 15.2. The fourth-order valence-corrected chi connectivity index (χ4v) is 7.98. The molecule has 3 heterocycles. The van der Waals surface area contributed by atoms with Crippen molar-refractivity contribution in [2.45, 2.75) is 19.0 Å². The third kappa shape index (κ3) is 7.45. The van der Waals surface area contributed by atoms with Crippen molar-refractivity contribution < 1.29 is 34.6 Å². The van der Waals surface area contributed by atoms with Crippen LogP contribution in [0.5, 0.6) is 0 Å². The Bertz CT molecular complexity index is 1650. The summed E-state index contributed by atoms with van der Waals surface area (Å²) >= 11 is 5.96. The SMILES string of the molecule is B[SH](C)(=O)N1CC(N2CCN(CCS(=O)(=O)N(Cc3ccc(-c4nnc(C(F)F)o4)cc3F)c3ccc(F)c(Cl)c3)CC2)C1. The zero-order valence-corrected chi connectivity index (χ0v) is 26.5. The fraction of sp³-hybridized carbons (Fsp3) is 0.462. The first-order chi connectivity index (χ1) is 20.7. The molecule has 2 aromatic carbocycles. The van der Waals surface area contributed by atoms with Crippen molar-refractivity contribution in [3.05, 3.63) is 64.5 Å². The van der Waals surface area contributed by atoms with Gasteiger partial charge in [0.25, 0.3) is 5.89 Å². The summed E-state index contributed by atoms with van der Waals surface area (Å²) in [6, 6.07) is 7.41. The van der Waals surface area contributed by atoms with Crippen LogP contribution in [0.2, 0.25) is 5.02 Å². The Balaban J connectivity index is 1.27. The zero-order chi connectivity index (χ0) is 31.8. The third-order valence-corrected chi connectivity index (χ3v) is 11.6. The minimum atomic E-state index is -4.07. The number of nitrogens with zero attached hydrogens (tertiary/aromatic N) is 6. The molecular formula is C26H32BClF4N6O4S2. The zero-order valence-electron chi connectivity index (χ0n) is 24.0. The summed E-state index contributed by atoms with van der Waals surface area (Å²) in [5, 5.41) is 6.45. The average molecular weight is 679 g/mol. The van der Waals surface area contributed by atoms with Crippen molar-refractivity contribution in [3.63, 3.8) is 0 Å². The fourth-order valence-electron chi connectivity index (χ4n) is 5.16. The molecule has 18 heteroatoms. The maximum atomic E-state index is 15.2. The monoisotopic (exact) mass is 678 g/mol. The summed E-state index contributed by atoms with van der Waals surface area (Å²) in [5.41, 5.74) is 0.0668. The number of hydrogen-bond acceptors (Lipinski definition) is 8. The largest absolute Gasteiger partial charge is 0.415 e. The molecule has 10 nitrogen and oxygen atoms in total. The molecule has 2 saturated heterocycles. The van der Waals surface area contributed by atoms with Gasteiger partial charge in [0.1, 0.15) is 11.6 Å². The summed E-state index contributed by atoms with van der Waals surface area (Å²) in [4.78, 5) is 4.37. The molecule has 0 unspecified atom stereocenters. The van der Waals surface area contributed by atoms with Crippen LogP contribution in [-0.4, -0.2) is 108 Å². The summed E-state index contributed by atoms with van der Waals surface area (Å²) in [5.74, 6) is -3.08. The predicted octanol–water partition coefficient (Wildman–Crippen LogP) is 2.35. The molecule has 3 aromatic rings. The van der Waals surface area contributed by atoms with E-state index in [0.717, 1.165) is 48.7 Å². The topological polar surface area (TPSA) is 103 Å². The van der Waals surface area contributed by atoms with Crippen molar-refractivity contribution in [1.82, 2.24) is 24.3 Å². The molecule has 44 heavy (non-hydrogen) atoms. The van der Waals surface area contributed by atoms with Crippen molar-refractivity contribution in [2.75, 3.05) is 62.1 Å². The van der Waals surface area contributed by atoms with Crippen LogP contribution >= 0.6 is 11.6 Å². The highest BCUT2D eigenvalue weighted by atomic mass is 35.5. The highest BCUT2D eigenvalue weighted by molar-refractivity contribution is 8.19. The van der Waals surface area contributed by atoms with Crippen molar-refractivity contribution in [3.8, 4) is 11.5 Å². The second-order valence-electron chi connectivity index (χ2n) is 11.2. The van der Waals surface area contributed by atoms with Gasteiger partial charge in [-0.1, -0.05) is 27.6 Å². The molecular weight excluding hydrogens is 647 g/mol. The van der Waals surface area contributed by atoms with E-state index < -0.39 is 50.5 Å². The van der Waals surface area contributed by atoms with Crippen LogP contribution in [0.25, 0.3) is 11.5 Å². The molecule has 0 atom stereocenters. The van der Waals surface area contributed by atoms with Gasteiger partial charge in [-0.05, 0) is 36.6 Å².